The van der Waals surface area contributed by atoms with Crippen LogP contribution in [0.2, 0.25) is 0 Å². The first-order valence-corrected chi connectivity index (χ1v) is 5.91. The van der Waals surface area contributed by atoms with Crippen LogP contribution < -0.4 is 0 Å². The lowest BCUT2D eigenvalue weighted by molar-refractivity contribution is -0.147. The molecule has 0 atom stereocenters. The maximum atomic E-state index is 12.1. The molecule has 1 aliphatic heterocycles. The van der Waals surface area contributed by atoms with Crippen molar-refractivity contribution in [2.24, 2.45) is 11.3 Å². The van der Waals surface area contributed by atoms with E-state index in [1.807, 2.05) is 0 Å². The standard InChI is InChI=1S/C12H21NO/c1-10-4-8-13(9-5-10)11(14)12(2)6-3-7-12/h10H,3-9H2,1-2H3. The highest BCUT2D eigenvalue weighted by Crippen LogP contribution is 2.42. The van der Waals surface area contributed by atoms with Crippen LogP contribution in [-0.4, -0.2) is 23.9 Å². The Kier molecular flexibility index (Phi) is 2.54. The monoisotopic (exact) mass is 195 g/mol. The Bertz CT molecular complexity index is 224. The van der Waals surface area contributed by atoms with E-state index >= 15 is 0 Å². The molecule has 80 valence electrons. The van der Waals surface area contributed by atoms with Gasteiger partial charge in [0.1, 0.15) is 0 Å². The molecule has 1 amide bonds. The van der Waals surface area contributed by atoms with Crippen LogP contribution in [0.3, 0.4) is 0 Å². The molecule has 1 heterocycles. The normalized spacial score (nSPS) is 27.1. The van der Waals surface area contributed by atoms with Gasteiger partial charge in [-0.15, -0.1) is 0 Å². The van der Waals surface area contributed by atoms with Crippen molar-refractivity contribution in [2.45, 2.75) is 46.0 Å². The van der Waals surface area contributed by atoms with E-state index in [0.29, 0.717) is 5.91 Å². The molecular formula is C12H21NO. The summed E-state index contributed by atoms with van der Waals surface area (Å²) >= 11 is 0. The highest BCUT2D eigenvalue weighted by atomic mass is 16.2. The fourth-order valence-electron chi connectivity index (χ4n) is 2.51. The fraction of sp³-hybridized carbons (Fsp3) is 0.917. The Labute approximate surface area is 86.7 Å². The van der Waals surface area contributed by atoms with Gasteiger partial charge in [0.25, 0.3) is 0 Å². The molecule has 2 heteroatoms. The minimum absolute atomic E-state index is 0.0145. The number of hydrogen-bond donors (Lipinski definition) is 0. The van der Waals surface area contributed by atoms with Crippen molar-refractivity contribution in [1.29, 1.82) is 0 Å². The third-order valence-electron chi connectivity index (χ3n) is 4.04. The van der Waals surface area contributed by atoms with E-state index in [2.05, 4.69) is 18.7 Å². The van der Waals surface area contributed by atoms with E-state index in [0.717, 1.165) is 31.8 Å². The highest BCUT2D eigenvalue weighted by Gasteiger charge is 2.42. The smallest absolute Gasteiger partial charge is 0.228 e. The largest absolute Gasteiger partial charge is 0.342 e. The Balaban J connectivity index is 1.92. The molecule has 0 unspecified atom stereocenters. The zero-order valence-corrected chi connectivity index (χ0v) is 9.38. The number of piperidine rings is 1. The molecule has 0 aromatic carbocycles. The molecule has 2 fully saturated rings. The average Bonchev–Trinajstić information content (AvgIpc) is 2.14. The first-order chi connectivity index (χ1) is 6.62. The molecule has 1 aliphatic carbocycles. The second kappa shape index (κ2) is 3.56. The first kappa shape index (κ1) is 10.0. The van der Waals surface area contributed by atoms with Crippen molar-refractivity contribution >= 4 is 5.91 Å². The predicted octanol–water partition coefficient (Wildman–Crippen LogP) is 2.44. The Morgan fingerprint density at radius 2 is 1.86 bits per heavy atom. The van der Waals surface area contributed by atoms with Crippen molar-refractivity contribution < 1.29 is 4.79 Å². The van der Waals surface area contributed by atoms with Crippen molar-refractivity contribution in [3.63, 3.8) is 0 Å². The second-order valence-electron chi connectivity index (χ2n) is 5.39. The van der Waals surface area contributed by atoms with Gasteiger partial charge >= 0.3 is 0 Å². The van der Waals surface area contributed by atoms with Gasteiger partial charge in [0.15, 0.2) is 0 Å². The predicted molar refractivity (Wildman–Crippen MR) is 56.9 cm³/mol. The van der Waals surface area contributed by atoms with E-state index in [4.69, 9.17) is 0 Å². The number of nitrogens with zero attached hydrogens (tertiary/aromatic N) is 1. The quantitative estimate of drug-likeness (QED) is 0.629. The molecule has 1 saturated carbocycles. The molecule has 0 radical (unpaired) electrons. The lowest BCUT2D eigenvalue weighted by atomic mass is 9.69. The number of carbonyl (C=O) groups excluding carboxylic acids is 1. The zero-order chi connectivity index (χ0) is 10.2. The van der Waals surface area contributed by atoms with Crippen LogP contribution in [0.15, 0.2) is 0 Å². The molecule has 0 N–H and O–H groups in total. The third-order valence-corrected chi connectivity index (χ3v) is 4.04. The summed E-state index contributed by atoms with van der Waals surface area (Å²) < 4.78 is 0. The van der Waals surface area contributed by atoms with Crippen LogP contribution in [0.25, 0.3) is 0 Å². The van der Waals surface area contributed by atoms with Gasteiger partial charge < -0.3 is 4.90 Å². The Morgan fingerprint density at radius 3 is 2.29 bits per heavy atom. The van der Waals surface area contributed by atoms with Crippen molar-refractivity contribution in [3.8, 4) is 0 Å². The highest BCUT2D eigenvalue weighted by molar-refractivity contribution is 5.83. The van der Waals surface area contributed by atoms with Gasteiger partial charge in [-0.1, -0.05) is 20.3 Å². The summed E-state index contributed by atoms with van der Waals surface area (Å²) in [6, 6.07) is 0. The van der Waals surface area contributed by atoms with Gasteiger partial charge in [0.2, 0.25) is 5.91 Å². The topological polar surface area (TPSA) is 20.3 Å². The molecule has 2 nitrogen and oxygen atoms in total. The summed E-state index contributed by atoms with van der Waals surface area (Å²) in [5, 5.41) is 0. The van der Waals surface area contributed by atoms with Gasteiger partial charge in [-0.3, -0.25) is 4.79 Å². The average molecular weight is 195 g/mol. The Hall–Kier alpha value is -0.530. The van der Waals surface area contributed by atoms with Gasteiger partial charge in [0, 0.05) is 18.5 Å². The second-order valence-corrected chi connectivity index (χ2v) is 5.39. The van der Waals surface area contributed by atoms with E-state index < -0.39 is 0 Å². The summed E-state index contributed by atoms with van der Waals surface area (Å²) in [6.07, 6.45) is 5.85. The molecule has 2 rings (SSSR count). The van der Waals surface area contributed by atoms with E-state index in [1.54, 1.807) is 0 Å². The minimum atomic E-state index is 0.0145. The van der Waals surface area contributed by atoms with Crippen molar-refractivity contribution in [2.75, 3.05) is 13.1 Å². The van der Waals surface area contributed by atoms with Gasteiger partial charge in [-0.2, -0.15) is 0 Å². The number of carbonyl (C=O) groups is 1. The van der Waals surface area contributed by atoms with Gasteiger partial charge in [0.05, 0.1) is 0 Å². The van der Waals surface area contributed by atoms with Gasteiger partial charge in [-0.05, 0) is 31.6 Å². The number of hydrogen-bond acceptors (Lipinski definition) is 1. The van der Waals surface area contributed by atoms with Crippen molar-refractivity contribution in [3.05, 3.63) is 0 Å². The van der Waals surface area contributed by atoms with Crippen LogP contribution in [0.5, 0.6) is 0 Å². The maximum Gasteiger partial charge on any atom is 0.228 e. The molecule has 0 spiro atoms. The lowest BCUT2D eigenvalue weighted by Crippen LogP contribution is -2.48. The number of likely N-dealkylation sites (tertiary alicyclic amines) is 1. The maximum absolute atomic E-state index is 12.1. The molecule has 0 aromatic rings. The molecule has 2 aliphatic rings. The molecule has 0 aromatic heterocycles. The summed E-state index contributed by atoms with van der Waals surface area (Å²) in [7, 11) is 0. The van der Waals surface area contributed by atoms with Crippen LogP contribution >= 0.6 is 0 Å². The molecular weight excluding hydrogens is 174 g/mol. The summed E-state index contributed by atoms with van der Waals surface area (Å²) in [4.78, 5) is 14.2. The zero-order valence-electron chi connectivity index (χ0n) is 9.38. The summed E-state index contributed by atoms with van der Waals surface area (Å²) in [6.45, 7) is 6.41. The fourth-order valence-corrected chi connectivity index (χ4v) is 2.51. The van der Waals surface area contributed by atoms with Crippen LogP contribution in [0.4, 0.5) is 0 Å². The van der Waals surface area contributed by atoms with E-state index in [1.165, 1.54) is 19.3 Å². The number of rotatable bonds is 1. The van der Waals surface area contributed by atoms with Crippen LogP contribution in [0, 0.1) is 11.3 Å². The number of amides is 1. The Morgan fingerprint density at radius 1 is 1.29 bits per heavy atom. The van der Waals surface area contributed by atoms with Crippen LogP contribution in [-0.2, 0) is 4.79 Å². The van der Waals surface area contributed by atoms with Crippen LogP contribution in [0.1, 0.15) is 46.0 Å². The molecule has 14 heavy (non-hydrogen) atoms. The van der Waals surface area contributed by atoms with Crippen molar-refractivity contribution in [1.82, 2.24) is 4.90 Å². The van der Waals surface area contributed by atoms with Gasteiger partial charge in [-0.25, -0.2) is 0 Å². The van der Waals surface area contributed by atoms with E-state index in [9.17, 15) is 4.79 Å². The molecule has 1 saturated heterocycles. The summed E-state index contributed by atoms with van der Waals surface area (Å²) in [5.41, 5.74) is 0.0145. The lowest BCUT2D eigenvalue weighted by Gasteiger charge is -2.42. The summed E-state index contributed by atoms with van der Waals surface area (Å²) in [5.74, 6) is 1.24. The third kappa shape index (κ3) is 1.67. The van der Waals surface area contributed by atoms with E-state index in [-0.39, 0.29) is 5.41 Å². The first-order valence-electron chi connectivity index (χ1n) is 5.91. The minimum Gasteiger partial charge on any atom is -0.342 e. The SMILES string of the molecule is CC1CCN(C(=O)C2(C)CCC2)CC1. The molecule has 0 bridgehead atoms.